The lowest BCUT2D eigenvalue weighted by molar-refractivity contribution is 0.0650. The summed E-state index contributed by atoms with van der Waals surface area (Å²) in [6.45, 7) is 4.63. The van der Waals surface area contributed by atoms with Crippen molar-refractivity contribution in [2.75, 3.05) is 19.6 Å². The standard InChI is InChI=1S/C12H17N3OS.2ClH/c1-8-6-13-4-5-15(8)12(16)10-7-17-11(14-10)9-2-3-9;;/h7-9,13H,2-6H2,1H3;2*1H. The van der Waals surface area contributed by atoms with E-state index in [1.807, 2.05) is 10.3 Å². The first-order chi connectivity index (χ1) is 8.25. The van der Waals surface area contributed by atoms with Crippen LogP contribution in [0.1, 0.15) is 41.2 Å². The molecule has 7 heteroatoms. The summed E-state index contributed by atoms with van der Waals surface area (Å²) in [6.07, 6.45) is 2.48. The fourth-order valence-electron chi connectivity index (χ4n) is 2.19. The van der Waals surface area contributed by atoms with E-state index in [0.29, 0.717) is 11.6 Å². The molecule has 1 aromatic heterocycles. The maximum Gasteiger partial charge on any atom is 0.273 e. The lowest BCUT2D eigenvalue weighted by Crippen LogP contribution is -2.52. The van der Waals surface area contributed by atoms with Crippen molar-refractivity contribution >= 4 is 42.1 Å². The number of hydrogen-bond donors (Lipinski definition) is 1. The molecule has 1 atom stereocenters. The summed E-state index contributed by atoms with van der Waals surface area (Å²) in [5.74, 6) is 0.740. The number of nitrogens with one attached hydrogen (secondary N) is 1. The summed E-state index contributed by atoms with van der Waals surface area (Å²) in [4.78, 5) is 18.7. The molecule has 0 spiro atoms. The monoisotopic (exact) mass is 323 g/mol. The molecule has 3 rings (SSSR count). The lowest BCUT2D eigenvalue weighted by atomic mass is 10.2. The molecular formula is C12H19Cl2N3OS. The van der Waals surface area contributed by atoms with E-state index in [1.54, 1.807) is 11.3 Å². The van der Waals surface area contributed by atoms with Gasteiger partial charge in [-0.3, -0.25) is 4.79 Å². The Morgan fingerprint density at radius 2 is 2.21 bits per heavy atom. The van der Waals surface area contributed by atoms with Crippen LogP contribution in [0.25, 0.3) is 0 Å². The van der Waals surface area contributed by atoms with Crippen LogP contribution in [0.4, 0.5) is 0 Å². The Morgan fingerprint density at radius 3 is 2.84 bits per heavy atom. The Hall–Kier alpha value is -0.360. The third-order valence-electron chi connectivity index (χ3n) is 3.43. The summed E-state index contributed by atoms with van der Waals surface area (Å²) in [5, 5.41) is 6.36. The minimum atomic E-state index is 0. The second-order valence-corrected chi connectivity index (χ2v) is 5.79. The van der Waals surface area contributed by atoms with E-state index < -0.39 is 0 Å². The summed E-state index contributed by atoms with van der Waals surface area (Å²) < 4.78 is 0. The number of halogens is 2. The number of thiazole rings is 1. The Balaban J connectivity index is 0.000000902. The SMILES string of the molecule is CC1CNCCN1C(=O)c1csc(C2CC2)n1.Cl.Cl. The summed E-state index contributed by atoms with van der Waals surface area (Å²) in [5.41, 5.74) is 0.644. The van der Waals surface area contributed by atoms with Crippen molar-refractivity contribution in [3.8, 4) is 0 Å². The second-order valence-electron chi connectivity index (χ2n) is 4.90. The Kier molecular flexibility index (Phi) is 6.05. The van der Waals surface area contributed by atoms with Crippen LogP contribution < -0.4 is 5.32 Å². The highest BCUT2D eigenvalue weighted by molar-refractivity contribution is 7.10. The zero-order chi connectivity index (χ0) is 11.8. The van der Waals surface area contributed by atoms with Crippen LogP contribution in [0.5, 0.6) is 0 Å². The van der Waals surface area contributed by atoms with Crippen molar-refractivity contribution in [2.45, 2.75) is 31.7 Å². The van der Waals surface area contributed by atoms with Crippen LogP contribution in [0.15, 0.2) is 5.38 Å². The van der Waals surface area contributed by atoms with Gasteiger partial charge in [-0.1, -0.05) is 0 Å². The van der Waals surface area contributed by atoms with Gasteiger partial charge in [-0.2, -0.15) is 0 Å². The van der Waals surface area contributed by atoms with E-state index in [9.17, 15) is 4.79 Å². The lowest BCUT2D eigenvalue weighted by Gasteiger charge is -2.33. The average molecular weight is 324 g/mol. The van der Waals surface area contributed by atoms with Crippen molar-refractivity contribution in [1.82, 2.24) is 15.2 Å². The number of carbonyl (C=O) groups excluding carboxylic acids is 1. The fraction of sp³-hybridized carbons (Fsp3) is 0.667. The fourth-order valence-corrected chi connectivity index (χ4v) is 3.16. The predicted molar refractivity (Wildman–Crippen MR) is 82.0 cm³/mol. The van der Waals surface area contributed by atoms with Crippen molar-refractivity contribution < 1.29 is 4.79 Å². The normalized spacial score (nSPS) is 22.4. The first-order valence-electron chi connectivity index (χ1n) is 6.23. The molecule has 1 saturated carbocycles. The molecule has 1 aliphatic heterocycles. The maximum atomic E-state index is 12.3. The zero-order valence-corrected chi connectivity index (χ0v) is 13.2. The zero-order valence-electron chi connectivity index (χ0n) is 10.8. The third kappa shape index (κ3) is 3.60. The third-order valence-corrected chi connectivity index (χ3v) is 4.44. The smallest absolute Gasteiger partial charge is 0.273 e. The van der Waals surface area contributed by atoms with E-state index in [2.05, 4.69) is 17.2 Å². The molecule has 19 heavy (non-hydrogen) atoms. The van der Waals surface area contributed by atoms with Crippen molar-refractivity contribution in [2.24, 2.45) is 0 Å². The minimum Gasteiger partial charge on any atom is -0.332 e. The van der Waals surface area contributed by atoms with Crippen LogP contribution in [0, 0.1) is 0 Å². The van der Waals surface area contributed by atoms with Crippen LogP contribution >= 0.6 is 36.2 Å². The van der Waals surface area contributed by atoms with Crippen LogP contribution in [0.2, 0.25) is 0 Å². The molecule has 2 aliphatic rings. The molecule has 1 saturated heterocycles. The molecular weight excluding hydrogens is 305 g/mol. The van der Waals surface area contributed by atoms with Gasteiger partial charge in [0, 0.05) is 37.0 Å². The van der Waals surface area contributed by atoms with Gasteiger partial charge in [-0.05, 0) is 19.8 Å². The molecule has 0 aromatic carbocycles. The number of piperazine rings is 1. The molecule has 0 radical (unpaired) electrons. The molecule has 1 unspecified atom stereocenters. The van der Waals surface area contributed by atoms with E-state index >= 15 is 0 Å². The number of rotatable bonds is 2. The van der Waals surface area contributed by atoms with Gasteiger partial charge in [0.1, 0.15) is 5.69 Å². The van der Waals surface area contributed by atoms with Crippen LogP contribution in [0.3, 0.4) is 0 Å². The average Bonchev–Trinajstić information content (AvgIpc) is 3.07. The summed E-state index contributed by atoms with van der Waals surface area (Å²) >= 11 is 1.64. The Labute approximate surface area is 129 Å². The van der Waals surface area contributed by atoms with Gasteiger partial charge in [-0.25, -0.2) is 4.98 Å². The predicted octanol–water partition coefficient (Wildman–Crippen LogP) is 2.30. The van der Waals surface area contributed by atoms with E-state index in [-0.39, 0.29) is 36.8 Å². The van der Waals surface area contributed by atoms with Crippen LogP contribution in [-0.2, 0) is 0 Å². The highest BCUT2D eigenvalue weighted by atomic mass is 35.5. The highest BCUT2D eigenvalue weighted by Crippen LogP contribution is 2.41. The number of aromatic nitrogens is 1. The minimum absolute atomic E-state index is 0. The van der Waals surface area contributed by atoms with E-state index in [0.717, 1.165) is 24.6 Å². The van der Waals surface area contributed by atoms with Gasteiger partial charge < -0.3 is 10.2 Å². The van der Waals surface area contributed by atoms with Crippen molar-refractivity contribution in [3.05, 3.63) is 16.1 Å². The van der Waals surface area contributed by atoms with Crippen molar-refractivity contribution in [3.63, 3.8) is 0 Å². The van der Waals surface area contributed by atoms with E-state index in [4.69, 9.17) is 0 Å². The van der Waals surface area contributed by atoms with Gasteiger partial charge >= 0.3 is 0 Å². The summed E-state index contributed by atoms with van der Waals surface area (Å²) in [6, 6.07) is 0.266. The molecule has 2 fully saturated rings. The molecule has 1 aliphatic carbocycles. The van der Waals surface area contributed by atoms with Crippen LogP contribution in [-0.4, -0.2) is 41.5 Å². The second kappa shape index (κ2) is 6.88. The quantitative estimate of drug-likeness (QED) is 0.908. The van der Waals surface area contributed by atoms with Gasteiger partial charge in [0.25, 0.3) is 5.91 Å². The number of hydrogen-bond acceptors (Lipinski definition) is 4. The van der Waals surface area contributed by atoms with Gasteiger partial charge in [0.15, 0.2) is 0 Å². The molecule has 1 amide bonds. The first kappa shape index (κ1) is 16.7. The molecule has 1 aromatic rings. The van der Waals surface area contributed by atoms with Gasteiger partial charge in [0.05, 0.1) is 5.01 Å². The largest absolute Gasteiger partial charge is 0.332 e. The maximum absolute atomic E-state index is 12.3. The Bertz CT molecular complexity index is 436. The molecule has 2 heterocycles. The van der Waals surface area contributed by atoms with E-state index in [1.165, 1.54) is 12.8 Å². The molecule has 4 nitrogen and oxygen atoms in total. The molecule has 108 valence electrons. The first-order valence-corrected chi connectivity index (χ1v) is 7.11. The molecule has 1 N–H and O–H groups in total. The topological polar surface area (TPSA) is 45.2 Å². The number of nitrogens with zero attached hydrogens (tertiary/aromatic N) is 2. The number of carbonyl (C=O) groups is 1. The van der Waals surface area contributed by atoms with Gasteiger partial charge in [0.2, 0.25) is 0 Å². The summed E-state index contributed by atoms with van der Waals surface area (Å²) in [7, 11) is 0. The Morgan fingerprint density at radius 1 is 1.47 bits per heavy atom. The highest BCUT2D eigenvalue weighted by Gasteiger charge is 2.30. The van der Waals surface area contributed by atoms with Gasteiger partial charge in [-0.15, -0.1) is 36.2 Å². The van der Waals surface area contributed by atoms with Crippen molar-refractivity contribution in [1.29, 1.82) is 0 Å². The molecule has 0 bridgehead atoms. The number of amides is 1.